The van der Waals surface area contributed by atoms with E-state index in [1.165, 1.54) is 0 Å². The summed E-state index contributed by atoms with van der Waals surface area (Å²) in [5.41, 5.74) is 12.9. The van der Waals surface area contributed by atoms with Crippen molar-refractivity contribution in [1.29, 1.82) is 0 Å². The van der Waals surface area contributed by atoms with Crippen molar-refractivity contribution in [3.63, 3.8) is 0 Å². The predicted octanol–water partition coefficient (Wildman–Crippen LogP) is 11.3. The number of hydrogen-bond donors (Lipinski definition) is 0. The average molecular weight is 627 g/mol. The number of nitrogens with zero attached hydrogens (tertiary/aromatic N) is 4. The monoisotopic (exact) mass is 626 g/mol. The van der Waals surface area contributed by atoms with Crippen LogP contribution in [0.1, 0.15) is 0 Å². The van der Waals surface area contributed by atoms with Crippen LogP contribution >= 0.6 is 0 Å². The molecule has 10 aromatic rings. The van der Waals surface area contributed by atoms with Gasteiger partial charge in [0.05, 0.1) is 22.2 Å². The van der Waals surface area contributed by atoms with E-state index in [1.807, 2.05) is 49.1 Å². The Labute approximate surface area is 281 Å². The molecular formula is C44H26N4O. The molecule has 5 heterocycles. The molecule has 0 aliphatic carbocycles. The van der Waals surface area contributed by atoms with Crippen LogP contribution in [-0.4, -0.2) is 19.9 Å². The molecule has 0 bridgehead atoms. The van der Waals surface area contributed by atoms with Crippen molar-refractivity contribution >= 4 is 54.6 Å². The molecule has 0 unspecified atom stereocenters. The van der Waals surface area contributed by atoms with E-state index in [9.17, 15) is 0 Å². The van der Waals surface area contributed by atoms with Crippen LogP contribution in [0.5, 0.6) is 0 Å². The summed E-state index contributed by atoms with van der Waals surface area (Å²) in [4.78, 5) is 19.2. The van der Waals surface area contributed by atoms with Gasteiger partial charge in [-0.25, -0.2) is 0 Å². The van der Waals surface area contributed by atoms with Gasteiger partial charge >= 0.3 is 0 Å². The Morgan fingerprint density at radius 3 is 1.98 bits per heavy atom. The van der Waals surface area contributed by atoms with E-state index in [-0.39, 0.29) is 0 Å². The number of furan rings is 1. The highest BCUT2D eigenvalue weighted by atomic mass is 16.3. The third kappa shape index (κ3) is 4.63. The summed E-state index contributed by atoms with van der Waals surface area (Å²) in [6.45, 7) is 0. The summed E-state index contributed by atoms with van der Waals surface area (Å²) in [5.74, 6) is 0. The molecule has 0 fully saturated rings. The second-order valence-electron chi connectivity index (χ2n) is 12.4. The Hall–Kier alpha value is -6.72. The Morgan fingerprint density at radius 1 is 0.367 bits per heavy atom. The normalized spacial score (nSPS) is 11.7. The molecule has 5 nitrogen and oxygen atoms in total. The molecule has 0 atom stereocenters. The summed E-state index contributed by atoms with van der Waals surface area (Å²) in [6.07, 6.45) is 7.52. The molecule has 0 radical (unpaired) electrons. The van der Waals surface area contributed by atoms with Crippen LogP contribution in [0, 0.1) is 0 Å². The van der Waals surface area contributed by atoms with Crippen molar-refractivity contribution in [3.8, 4) is 44.6 Å². The van der Waals surface area contributed by atoms with Gasteiger partial charge in [-0.05, 0) is 77.4 Å². The van der Waals surface area contributed by atoms with Crippen LogP contribution in [0.3, 0.4) is 0 Å². The largest absolute Gasteiger partial charge is 0.456 e. The van der Waals surface area contributed by atoms with Crippen molar-refractivity contribution < 1.29 is 4.42 Å². The van der Waals surface area contributed by atoms with Gasteiger partial charge in [-0.15, -0.1) is 0 Å². The molecule has 228 valence electrons. The number of aromatic nitrogens is 4. The van der Waals surface area contributed by atoms with E-state index in [0.29, 0.717) is 0 Å². The first-order valence-corrected chi connectivity index (χ1v) is 16.3. The summed E-state index contributed by atoms with van der Waals surface area (Å²) in [5, 5.41) is 5.45. The van der Waals surface area contributed by atoms with Crippen molar-refractivity contribution in [2.24, 2.45) is 0 Å². The second kappa shape index (κ2) is 10.9. The van der Waals surface area contributed by atoms with Crippen LogP contribution < -0.4 is 0 Å². The summed E-state index contributed by atoms with van der Waals surface area (Å²) in [7, 11) is 0. The molecule has 10 rings (SSSR count). The first kappa shape index (κ1) is 27.4. The maximum Gasteiger partial charge on any atom is 0.135 e. The molecule has 49 heavy (non-hydrogen) atoms. The lowest BCUT2D eigenvalue weighted by molar-refractivity contribution is 0.669. The zero-order chi connectivity index (χ0) is 32.3. The van der Waals surface area contributed by atoms with Gasteiger partial charge in [-0.1, -0.05) is 72.8 Å². The summed E-state index contributed by atoms with van der Waals surface area (Å²) in [6, 6.07) is 46.4. The predicted molar refractivity (Wildman–Crippen MR) is 199 cm³/mol. The highest BCUT2D eigenvalue weighted by molar-refractivity contribution is 6.07. The number of rotatable bonds is 4. The highest BCUT2D eigenvalue weighted by Gasteiger charge is 2.14. The molecule has 0 amide bonds. The van der Waals surface area contributed by atoms with E-state index in [1.54, 1.807) is 0 Å². The lowest BCUT2D eigenvalue weighted by Gasteiger charge is -2.13. The molecule has 0 N–H and O–H groups in total. The molecule has 0 spiro atoms. The van der Waals surface area contributed by atoms with Crippen molar-refractivity contribution in [3.05, 3.63) is 158 Å². The quantitative estimate of drug-likeness (QED) is 0.182. The fraction of sp³-hybridized carbons (Fsp3) is 0. The minimum absolute atomic E-state index is 0.879. The lowest BCUT2D eigenvalue weighted by Crippen LogP contribution is -1.91. The van der Waals surface area contributed by atoms with E-state index < -0.39 is 0 Å². The Bertz CT molecular complexity index is 2890. The van der Waals surface area contributed by atoms with Gasteiger partial charge in [-0.3, -0.25) is 19.9 Å². The van der Waals surface area contributed by atoms with E-state index in [2.05, 4.69) is 114 Å². The van der Waals surface area contributed by atoms with Crippen molar-refractivity contribution in [1.82, 2.24) is 19.9 Å². The molecule has 5 heteroatoms. The first-order chi connectivity index (χ1) is 24.2. The van der Waals surface area contributed by atoms with E-state index >= 15 is 0 Å². The van der Waals surface area contributed by atoms with Gasteiger partial charge < -0.3 is 4.42 Å². The van der Waals surface area contributed by atoms with Crippen LogP contribution in [0.15, 0.2) is 163 Å². The van der Waals surface area contributed by atoms with Gasteiger partial charge in [0, 0.05) is 74.0 Å². The average Bonchev–Trinajstić information content (AvgIpc) is 3.55. The third-order valence-electron chi connectivity index (χ3n) is 9.40. The number of pyridine rings is 4. The molecule has 5 aromatic carbocycles. The van der Waals surface area contributed by atoms with Gasteiger partial charge in [0.15, 0.2) is 0 Å². The Kier molecular flexibility index (Phi) is 6.11. The summed E-state index contributed by atoms with van der Waals surface area (Å²) >= 11 is 0. The fourth-order valence-electron chi connectivity index (χ4n) is 6.97. The van der Waals surface area contributed by atoms with Gasteiger partial charge in [0.25, 0.3) is 0 Å². The van der Waals surface area contributed by atoms with Gasteiger partial charge in [-0.2, -0.15) is 0 Å². The molecular weight excluding hydrogens is 601 g/mol. The summed E-state index contributed by atoms with van der Waals surface area (Å²) < 4.78 is 6.14. The van der Waals surface area contributed by atoms with Crippen LogP contribution in [-0.2, 0) is 0 Å². The zero-order valence-electron chi connectivity index (χ0n) is 26.2. The van der Waals surface area contributed by atoms with Crippen molar-refractivity contribution in [2.45, 2.75) is 0 Å². The molecule has 0 aliphatic heterocycles. The van der Waals surface area contributed by atoms with Crippen LogP contribution in [0.25, 0.3) is 99.3 Å². The van der Waals surface area contributed by atoms with E-state index in [0.717, 1.165) is 99.3 Å². The lowest BCUT2D eigenvalue weighted by atomic mass is 9.93. The minimum atomic E-state index is 0.879. The van der Waals surface area contributed by atoms with Gasteiger partial charge in [0.1, 0.15) is 11.2 Å². The fourth-order valence-corrected chi connectivity index (χ4v) is 6.97. The Balaban J connectivity index is 1.10. The number of benzene rings is 5. The van der Waals surface area contributed by atoms with Crippen molar-refractivity contribution in [2.75, 3.05) is 0 Å². The smallest absolute Gasteiger partial charge is 0.135 e. The minimum Gasteiger partial charge on any atom is -0.456 e. The number of fused-ring (bicyclic) bond motifs is 7. The Morgan fingerprint density at radius 2 is 1.08 bits per heavy atom. The van der Waals surface area contributed by atoms with Crippen LogP contribution in [0.2, 0.25) is 0 Å². The molecule has 0 saturated heterocycles. The molecule has 0 saturated carbocycles. The molecule has 5 aromatic heterocycles. The number of para-hydroxylation sites is 2. The first-order valence-electron chi connectivity index (χ1n) is 16.3. The van der Waals surface area contributed by atoms with Crippen LogP contribution in [0.4, 0.5) is 0 Å². The SMILES string of the molecule is c1cnc2c(-c3cc(-c4ccc5oc6ccccc6c5c4)cc(-c4ccc(-c5cnc6c(ccc7cccnc76)c5)cn4)c3)cccc2c1. The standard InChI is InChI=1S/C44H26N4O/c1-2-11-40-37(9-1)38-24-29(15-17-41(38)49-40)32-21-33(36-10-3-6-27-7-4-18-45-42(27)36)23-34(22-32)39-16-14-31(25-47-39)35-20-30-13-12-28-8-5-19-46-43(28)44(30)48-26-35/h1-26H. The van der Waals surface area contributed by atoms with Gasteiger partial charge in [0.2, 0.25) is 0 Å². The molecule has 0 aliphatic rings. The third-order valence-corrected chi connectivity index (χ3v) is 9.40. The topological polar surface area (TPSA) is 64.7 Å². The zero-order valence-corrected chi connectivity index (χ0v) is 26.2. The van der Waals surface area contributed by atoms with E-state index in [4.69, 9.17) is 19.4 Å². The second-order valence-corrected chi connectivity index (χ2v) is 12.4. The maximum absolute atomic E-state index is 6.14. The maximum atomic E-state index is 6.14. The number of hydrogen-bond acceptors (Lipinski definition) is 5. The highest BCUT2D eigenvalue weighted by Crippen LogP contribution is 2.38.